The van der Waals surface area contributed by atoms with Gasteiger partial charge in [-0.15, -0.1) is 0 Å². The van der Waals surface area contributed by atoms with Crippen molar-refractivity contribution in [2.45, 2.75) is 108 Å². The summed E-state index contributed by atoms with van der Waals surface area (Å²) in [5.74, 6) is 1.27. The lowest BCUT2D eigenvalue weighted by Crippen LogP contribution is -2.44. The molecule has 1 amide bonds. The number of rotatable bonds is 13. The monoisotopic (exact) mass is 726 g/mol. The van der Waals surface area contributed by atoms with Crippen LogP contribution in [0, 0.1) is 17.1 Å². The molecule has 0 spiro atoms. The van der Waals surface area contributed by atoms with Crippen LogP contribution in [0.15, 0.2) is 54.6 Å². The number of piperidine rings is 1. The zero-order valence-electron chi connectivity index (χ0n) is 31.2. The Morgan fingerprint density at radius 3 is 2.52 bits per heavy atom. The molecule has 2 fully saturated rings. The highest BCUT2D eigenvalue weighted by Crippen LogP contribution is 2.42. The van der Waals surface area contributed by atoms with Gasteiger partial charge in [0.2, 0.25) is 5.88 Å². The zero-order valence-corrected chi connectivity index (χ0v) is 32.1. The van der Waals surface area contributed by atoms with Crippen LogP contribution in [-0.4, -0.2) is 67.7 Å². The van der Waals surface area contributed by atoms with Crippen LogP contribution < -0.4 is 10.1 Å². The summed E-state index contributed by atoms with van der Waals surface area (Å²) in [5.41, 5.74) is 3.62. The molecule has 4 aromatic rings. The van der Waals surface area contributed by atoms with Gasteiger partial charge >= 0.3 is 0 Å². The number of thioether (sulfide) groups is 1. The highest BCUT2D eigenvalue weighted by Gasteiger charge is 2.34. The number of amides is 1. The van der Waals surface area contributed by atoms with Gasteiger partial charge < -0.3 is 19.4 Å². The van der Waals surface area contributed by atoms with Crippen LogP contribution in [-0.2, 0) is 17.9 Å². The quantitative estimate of drug-likeness (QED) is 0.147. The zero-order chi connectivity index (χ0) is 37.0. The summed E-state index contributed by atoms with van der Waals surface area (Å²) < 4.78 is 28.6. The van der Waals surface area contributed by atoms with E-state index in [2.05, 4.69) is 21.0 Å². The van der Waals surface area contributed by atoms with Crippen molar-refractivity contribution in [3.63, 3.8) is 0 Å². The molecule has 2 aromatic heterocycles. The molecule has 0 bridgehead atoms. The van der Waals surface area contributed by atoms with Crippen LogP contribution in [0.25, 0.3) is 11.0 Å². The van der Waals surface area contributed by atoms with Gasteiger partial charge in [-0.1, -0.05) is 12.1 Å². The number of carbonyl (C=O) groups excluding carboxylic acids is 1. The number of aromatic nitrogens is 3. The van der Waals surface area contributed by atoms with Crippen LogP contribution in [0.4, 0.5) is 4.39 Å². The number of hydrogen-bond donors (Lipinski definition) is 1. The average Bonchev–Trinajstić information content (AvgIpc) is 3.43. The minimum absolute atomic E-state index is 0.0450. The molecule has 11 heteroatoms. The summed E-state index contributed by atoms with van der Waals surface area (Å²) in [7, 11) is 0. The highest BCUT2D eigenvalue weighted by atomic mass is 32.2. The Morgan fingerprint density at radius 2 is 1.83 bits per heavy atom. The molecule has 3 heterocycles. The van der Waals surface area contributed by atoms with E-state index in [0.29, 0.717) is 47.2 Å². The third kappa shape index (κ3) is 9.32. The second-order valence-electron chi connectivity index (χ2n) is 15.8. The first-order valence-corrected chi connectivity index (χ1v) is 19.6. The first kappa shape index (κ1) is 37.8. The predicted octanol–water partition coefficient (Wildman–Crippen LogP) is 8.18. The molecule has 6 rings (SSSR count). The van der Waals surface area contributed by atoms with Gasteiger partial charge in [-0.25, -0.2) is 14.4 Å². The number of likely N-dealkylation sites (tertiary alicyclic amines) is 1. The fourth-order valence-corrected chi connectivity index (χ4v) is 7.84. The number of nitrogens with zero attached hydrogens (tertiary/aromatic N) is 5. The van der Waals surface area contributed by atoms with E-state index in [4.69, 9.17) is 24.7 Å². The van der Waals surface area contributed by atoms with E-state index in [1.54, 1.807) is 18.2 Å². The van der Waals surface area contributed by atoms with Crippen LogP contribution in [0.3, 0.4) is 0 Å². The van der Waals surface area contributed by atoms with Crippen LogP contribution in [0.5, 0.6) is 5.88 Å². The molecular formula is C41H51FN6O3S. The molecule has 2 aliphatic rings. The number of imidazole rings is 1. The number of hydrogen-bond acceptors (Lipinski definition) is 8. The molecule has 276 valence electrons. The molecule has 1 saturated carbocycles. The maximum absolute atomic E-state index is 14.4. The van der Waals surface area contributed by atoms with Gasteiger partial charge in [0.15, 0.2) is 0 Å². The molecule has 1 N–H and O–H groups in total. The number of halogens is 1. The van der Waals surface area contributed by atoms with E-state index in [1.807, 2.05) is 82.8 Å². The van der Waals surface area contributed by atoms with Crippen molar-refractivity contribution in [3.8, 4) is 11.9 Å². The van der Waals surface area contributed by atoms with E-state index in [0.717, 1.165) is 67.9 Å². The third-order valence-corrected chi connectivity index (χ3v) is 11.2. The Balaban J connectivity index is 1.11. The molecule has 1 aliphatic carbocycles. The van der Waals surface area contributed by atoms with Crippen molar-refractivity contribution in [2.75, 3.05) is 26.0 Å². The van der Waals surface area contributed by atoms with Gasteiger partial charge in [-0.3, -0.25) is 9.69 Å². The molecular weight excluding hydrogens is 676 g/mol. The number of benzene rings is 2. The lowest BCUT2D eigenvalue weighted by Gasteiger charge is -2.37. The second-order valence-corrected chi connectivity index (χ2v) is 16.9. The van der Waals surface area contributed by atoms with Gasteiger partial charge in [0.05, 0.1) is 34.8 Å². The Hall–Kier alpha value is -3.98. The third-order valence-electron chi connectivity index (χ3n) is 10.2. The minimum Gasteiger partial charge on any atom is -0.473 e. The Morgan fingerprint density at radius 1 is 1.06 bits per heavy atom. The molecule has 0 atom stereocenters. The molecule has 9 nitrogen and oxygen atoms in total. The van der Waals surface area contributed by atoms with E-state index in [1.165, 1.54) is 6.07 Å². The smallest absolute Gasteiger partial charge is 0.251 e. The van der Waals surface area contributed by atoms with Crippen LogP contribution in [0.1, 0.15) is 112 Å². The first-order chi connectivity index (χ1) is 24.8. The lowest BCUT2D eigenvalue weighted by atomic mass is 9.91. The maximum atomic E-state index is 14.4. The first-order valence-electron chi connectivity index (χ1n) is 18.3. The summed E-state index contributed by atoms with van der Waals surface area (Å²) in [4.78, 5) is 25.9. The average molecular weight is 727 g/mol. The van der Waals surface area contributed by atoms with Crippen molar-refractivity contribution in [2.24, 2.45) is 0 Å². The van der Waals surface area contributed by atoms with Gasteiger partial charge in [-0.2, -0.15) is 17.0 Å². The number of carbonyl (C=O) groups is 1. The molecule has 1 saturated heterocycles. The second kappa shape index (κ2) is 15.9. The lowest BCUT2D eigenvalue weighted by molar-refractivity contribution is -0.0111. The fraction of sp³-hybridized carbons (Fsp3) is 0.512. The molecule has 1 aliphatic heterocycles. The normalized spacial score (nSPS) is 18.6. The summed E-state index contributed by atoms with van der Waals surface area (Å²) in [6.07, 6.45) is 7.01. The number of pyridine rings is 1. The largest absolute Gasteiger partial charge is 0.473 e. The molecule has 0 radical (unpaired) electrons. The summed E-state index contributed by atoms with van der Waals surface area (Å²) >= 11 is 1.92. The number of nitrogens with one attached hydrogen (secondary N) is 1. The SMILES string of the molecule is CSC1CC(n2c(CN3CCC(c4cccc(OCc5ccc(C#N)cc5F)n4)CC3)nc3ccc(C(=O)NC(C)(C)CCOC(C)(C)C)cc32)C1. The van der Waals surface area contributed by atoms with Gasteiger partial charge in [0, 0.05) is 52.2 Å². The van der Waals surface area contributed by atoms with Crippen molar-refractivity contribution >= 4 is 28.7 Å². The standard InChI is InChI=1S/C41H51FN6O3S/c1-40(2,3)51-19-16-41(4,5)46-39(49)29-12-13-35-36(21-29)48(31-22-32(23-31)52-6)37(44-35)25-47-17-14-28(15-18-47)34-8-7-9-38(45-34)50-26-30-11-10-27(24-43)20-33(30)42/h7-13,20-21,28,31-32H,14-19,22-23,25-26H2,1-6H3,(H,46,49). The van der Waals surface area contributed by atoms with Crippen LogP contribution in [0.2, 0.25) is 0 Å². The summed E-state index contributed by atoms with van der Waals surface area (Å²) in [6, 6.07) is 18.4. The number of fused-ring (bicyclic) bond motifs is 1. The Labute approximate surface area is 311 Å². The van der Waals surface area contributed by atoms with Crippen LogP contribution >= 0.6 is 11.8 Å². The van der Waals surface area contributed by atoms with Gasteiger partial charge in [-0.05, 0) is 122 Å². The number of ether oxygens (including phenoxy) is 2. The minimum atomic E-state index is -0.458. The predicted molar refractivity (Wildman–Crippen MR) is 204 cm³/mol. The Kier molecular flexibility index (Phi) is 11.6. The molecule has 0 unspecified atom stereocenters. The fourth-order valence-electron chi connectivity index (χ4n) is 7.01. The van der Waals surface area contributed by atoms with Crippen molar-refractivity contribution in [1.29, 1.82) is 5.26 Å². The van der Waals surface area contributed by atoms with Crippen molar-refractivity contribution < 1.29 is 18.7 Å². The van der Waals surface area contributed by atoms with Gasteiger partial charge in [0.1, 0.15) is 18.2 Å². The topological polar surface area (TPSA) is 105 Å². The Bertz CT molecular complexity index is 1920. The van der Waals surface area contributed by atoms with Gasteiger partial charge in [0.25, 0.3) is 5.91 Å². The summed E-state index contributed by atoms with van der Waals surface area (Å²) in [6.45, 7) is 13.4. The molecule has 52 heavy (non-hydrogen) atoms. The summed E-state index contributed by atoms with van der Waals surface area (Å²) in [5, 5.41) is 12.9. The number of nitriles is 1. The highest BCUT2D eigenvalue weighted by molar-refractivity contribution is 7.99. The molecule has 2 aromatic carbocycles. The van der Waals surface area contributed by atoms with E-state index < -0.39 is 11.4 Å². The van der Waals surface area contributed by atoms with E-state index >= 15 is 0 Å². The van der Waals surface area contributed by atoms with E-state index in [9.17, 15) is 9.18 Å². The van der Waals surface area contributed by atoms with Crippen molar-refractivity contribution in [1.82, 2.24) is 24.8 Å². The van der Waals surface area contributed by atoms with Crippen molar-refractivity contribution in [3.05, 3.63) is 88.6 Å². The maximum Gasteiger partial charge on any atom is 0.251 e. The van der Waals surface area contributed by atoms with E-state index in [-0.39, 0.29) is 23.7 Å².